The fraction of sp³-hybridized carbons (Fsp3) is 0.278. The molecule has 2 aromatic heterocycles. The zero-order valence-electron chi connectivity index (χ0n) is 14.1. The maximum absolute atomic E-state index is 11.7. The monoisotopic (exact) mass is 336 g/mol. The molecule has 3 heterocycles. The molecule has 7 nitrogen and oxygen atoms in total. The number of amides is 2. The number of para-hydroxylation sites is 2. The number of hydrogen-bond acceptors (Lipinski definition) is 4. The Kier molecular flexibility index (Phi) is 3.97. The lowest BCUT2D eigenvalue weighted by Crippen LogP contribution is -2.51. The first-order valence-corrected chi connectivity index (χ1v) is 8.38. The van der Waals surface area contributed by atoms with Crippen LogP contribution in [-0.4, -0.2) is 59.1 Å². The number of urea groups is 1. The van der Waals surface area contributed by atoms with E-state index in [0.29, 0.717) is 13.1 Å². The molecule has 1 aliphatic rings. The van der Waals surface area contributed by atoms with Crippen LogP contribution in [0.2, 0.25) is 0 Å². The van der Waals surface area contributed by atoms with Gasteiger partial charge in [0.15, 0.2) is 5.82 Å². The zero-order chi connectivity index (χ0) is 17.2. The smallest absolute Gasteiger partial charge is 0.317 e. The summed E-state index contributed by atoms with van der Waals surface area (Å²) in [4.78, 5) is 28.4. The molecule has 0 radical (unpaired) electrons. The first-order chi connectivity index (χ1) is 12.2. The van der Waals surface area contributed by atoms with E-state index in [2.05, 4.69) is 20.2 Å². The molecule has 0 bridgehead atoms. The quantitative estimate of drug-likeness (QED) is 0.751. The first-order valence-electron chi connectivity index (χ1n) is 8.38. The standard InChI is InChI=1S/C18H20N6O/c1-19-18(25)24-11-9-23(10-12-24)16-8-4-7-15(20-16)17-21-13-5-2-3-6-14(13)22-17/h2-8H,9-12H2,1H3,(H,19,25)(H,21,22). The van der Waals surface area contributed by atoms with Crippen molar-refractivity contribution >= 4 is 22.9 Å². The summed E-state index contributed by atoms with van der Waals surface area (Å²) < 4.78 is 0. The summed E-state index contributed by atoms with van der Waals surface area (Å²) in [6.45, 7) is 2.92. The highest BCUT2D eigenvalue weighted by Crippen LogP contribution is 2.22. The number of aromatic nitrogens is 3. The van der Waals surface area contributed by atoms with E-state index in [4.69, 9.17) is 4.98 Å². The number of nitrogens with one attached hydrogen (secondary N) is 2. The Morgan fingerprint density at radius 1 is 1.04 bits per heavy atom. The maximum Gasteiger partial charge on any atom is 0.317 e. The lowest BCUT2D eigenvalue weighted by atomic mass is 10.3. The van der Waals surface area contributed by atoms with E-state index in [1.165, 1.54) is 0 Å². The van der Waals surface area contributed by atoms with Gasteiger partial charge in [0, 0.05) is 33.2 Å². The van der Waals surface area contributed by atoms with Gasteiger partial charge in [-0.1, -0.05) is 18.2 Å². The van der Waals surface area contributed by atoms with E-state index < -0.39 is 0 Å². The number of aromatic amines is 1. The van der Waals surface area contributed by atoms with Gasteiger partial charge in [-0.15, -0.1) is 0 Å². The molecule has 3 aromatic rings. The van der Waals surface area contributed by atoms with Crippen molar-refractivity contribution < 1.29 is 4.79 Å². The van der Waals surface area contributed by atoms with Crippen molar-refractivity contribution in [2.75, 3.05) is 38.1 Å². The number of carbonyl (C=O) groups excluding carboxylic acids is 1. The molecule has 2 amide bonds. The molecule has 1 aliphatic heterocycles. The number of benzene rings is 1. The van der Waals surface area contributed by atoms with Gasteiger partial charge < -0.3 is 20.1 Å². The molecule has 25 heavy (non-hydrogen) atoms. The summed E-state index contributed by atoms with van der Waals surface area (Å²) in [6.07, 6.45) is 0. The third-order valence-electron chi connectivity index (χ3n) is 4.47. The Hall–Kier alpha value is -3.09. The van der Waals surface area contributed by atoms with Gasteiger partial charge in [0.1, 0.15) is 11.5 Å². The molecule has 1 aromatic carbocycles. The Morgan fingerprint density at radius 3 is 2.60 bits per heavy atom. The SMILES string of the molecule is CNC(=O)N1CCN(c2cccc(-c3nc4ccccc4[nH]3)n2)CC1. The van der Waals surface area contributed by atoms with Crippen molar-refractivity contribution in [1.29, 1.82) is 0 Å². The van der Waals surface area contributed by atoms with E-state index >= 15 is 0 Å². The summed E-state index contributed by atoms with van der Waals surface area (Å²) in [5.41, 5.74) is 2.76. The van der Waals surface area contributed by atoms with E-state index in [1.54, 1.807) is 7.05 Å². The Labute approximate surface area is 145 Å². The number of carbonyl (C=O) groups is 1. The van der Waals surface area contributed by atoms with Crippen LogP contribution in [0.25, 0.3) is 22.6 Å². The fourth-order valence-electron chi connectivity index (χ4n) is 3.10. The second-order valence-electron chi connectivity index (χ2n) is 6.01. The summed E-state index contributed by atoms with van der Waals surface area (Å²) in [7, 11) is 1.66. The highest BCUT2D eigenvalue weighted by molar-refractivity contribution is 5.78. The van der Waals surface area contributed by atoms with Gasteiger partial charge in [0.25, 0.3) is 0 Å². The third-order valence-corrected chi connectivity index (χ3v) is 4.47. The van der Waals surface area contributed by atoms with Crippen LogP contribution in [0.4, 0.5) is 10.6 Å². The largest absolute Gasteiger partial charge is 0.353 e. The van der Waals surface area contributed by atoms with Crippen LogP contribution < -0.4 is 10.2 Å². The summed E-state index contributed by atoms with van der Waals surface area (Å²) in [5.74, 6) is 1.68. The van der Waals surface area contributed by atoms with Crippen molar-refractivity contribution in [3.05, 3.63) is 42.5 Å². The summed E-state index contributed by atoms with van der Waals surface area (Å²) >= 11 is 0. The molecule has 0 atom stereocenters. The first kappa shape index (κ1) is 15.4. The minimum Gasteiger partial charge on any atom is -0.353 e. The molecule has 1 saturated heterocycles. The average Bonchev–Trinajstić information content (AvgIpc) is 3.12. The number of piperazine rings is 1. The van der Waals surface area contributed by atoms with Crippen molar-refractivity contribution in [2.24, 2.45) is 0 Å². The average molecular weight is 336 g/mol. The molecule has 4 rings (SSSR count). The molecule has 0 saturated carbocycles. The lowest BCUT2D eigenvalue weighted by molar-refractivity contribution is 0.196. The van der Waals surface area contributed by atoms with Crippen molar-refractivity contribution in [3.8, 4) is 11.5 Å². The van der Waals surface area contributed by atoms with Crippen molar-refractivity contribution in [3.63, 3.8) is 0 Å². The molecule has 0 spiro atoms. The van der Waals surface area contributed by atoms with Gasteiger partial charge in [-0.25, -0.2) is 14.8 Å². The minimum absolute atomic E-state index is 0.0244. The normalized spacial score (nSPS) is 14.8. The Balaban J connectivity index is 1.55. The van der Waals surface area contributed by atoms with E-state index in [1.807, 2.05) is 47.4 Å². The van der Waals surface area contributed by atoms with Crippen molar-refractivity contribution in [2.45, 2.75) is 0 Å². The minimum atomic E-state index is -0.0244. The topological polar surface area (TPSA) is 77.2 Å². The van der Waals surface area contributed by atoms with E-state index in [-0.39, 0.29) is 6.03 Å². The molecule has 0 unspecified atom stereocenters. The number of fused-ring (bicyclic) bond motifs is 1. The number of hydrogen-bond donors (Lipinski definition) is 2. The number of nitrogens with zero attached hydrogens (tertiary/aromatic N) is 4. The molecule has 1 fully saturated rings. The van der Waals surface area contributed by atoms with Gasteiger partial charge in [0.2, 0.25) is 0 Å². The summed E-state index contributed by atoms with van der Waals surface area (Å²) in [6, 6.07) is 13.9. The number of pyridine rings is 1. The van der Waals surface area contributed by atoms with Gasteiger partial charge >= 0.3 is 6.03 Å². The summed E-state index contributed by atoms with van der Waals surface area (Å²) in [5, 5.41) is 2.67. The van der Waals surface area contributed by atoms with E-state index in [0.717, 1.165) is 41.5 Å². The van der Waals surface area contributed by atoms with Crippen LogP contribution in [0.1, 0.15) is 0 Å². The number of rotatable bonds is 2. The van der Waals surface area contributed by atoms with Gasteiger partial charge in [-0.3, -0.25) is 0 Å². The fourth-order valence-corrected chi connectivity index (χ4v) is 3.10. The second kappa shape index (κ2) is 6.43. The number of imidazole rings is 1. The van der Waals surface area contributed by atoms with E-state index in [9.17, 15) is 4.79 Å². The maximum atomic E-state index is 11.7. The molecular weight excluding hydrogens is 316 g/mol. The van der Waals surface area contributed by atoms with Crippen molar-refractivity contribution in [1.82, 2.24) is 25.2 Å². The highest BCUT2D eigenvalue weighted by atomic mass is 16.2. The molecule has 0 aliphatic carbocycles. The van der Waals surface area contributed by atoms with Gasteiger partial charge in [-0.2, -0.15) is 0 Å². The Morgan fingerprint density at radius 2 is 1.84 bits per heavy atom. The number of anilines is 1. The lowest BCUT2D eigenvalue weighted by Gasteiger charge is -2.35. The predicted octanol–water partition coefficient (Wildman–Crippen LogP) is 2.09. The third kappa shape index (κ3) is 3.00. The van der Waals surface area contributed by atoms with Crippen LogP contribution in [0.5, 0.6) is 0 Å². The highest BCUT2D eigenvalue weighted by Gasteiger charge is 2.21. The zero-order valence-corrected chi connectivity index (χ0v) is 14.1. The van der Waals surface area contributed by atoms with Crippen LogP contribution in [0, 0.1) is 0 Å². The second-order valence-corrected chi connectivity index (χ2v) is 6.01. The van der Waals surface area contributed by atoms with Crippen LogP contribution >= 0.6 is 0 Å². The van der Waals surface area contributed by atoms with Crippen LogP contribution in [-0.2, 0) is 0 Å². The van der Waals surface area contributed by atoms with Crippen LogP contribution in [0.15, 0.2) is 42.5 Å². The number of H-pyrrole nitrogens is 1. The molecule has 2 N–H and O–H groups in total. The Bertz CT molecular complexity index is 864. The van der Waals surface area contributed by atoms with Crippen LogP contribution in [0.3, 0.4) is 0 Å². The molecular formula is C18H20N6O. The molecule has 128 valence electrons. The molecule has 7 heteroatoms. The van der Waals surface area contributed by atoms with Gasteiger partial charge in [-0.05, 0) is 24.3 Å². The van der Waals surface area contributed by atoms with Gasteiger partial charge in [0.05, 0.1) is 11.0 Å². The predicted molar refractivity (Wildman–Crippen MR) is 97.6 cm³/mol.